The van der Waals surface area contributed by atoms with Gasteiger partial charge in [0.25, 0.3) is 0 Å². The molecule has 4 nitrogen and oxygen atoms in total. The van der Waals surface area contributed by atoms with Crippen LogP contribution in [0.1, 0.15) is 0 Å². The normalized spacial score (nSPS) is 11.8. The summed E-state index contributed by atoms with van der Waals surface area (Å²) in [4.78, 5) is 4.42. The zero-order valence-corrected chi connectivity index (χ0v) is 41.6. The zero-order chi connectivity index (χ0) is 51.0. The van der Waals surface area contributed by atoms with Crippen LogP contribution in [0.4, 0.5) is 38.5 Å². The summed E-state index contributed by atoms with van der Waals surface area (Å²) in [6.07, 6.45) is 0. The van der Waals surface area contributed by atoms with E-state index >= 15 is 4.39 Å². The van der Waals surface area contributed by atoms with Crippen molar-refractivity contribution in [3.63, 3.8) is 0 Å². The molecule has 0 N–H and O–H groups in total. The van der Waals surface area contributed by atoms with Crippen molar-refractivity contribution in [1.29, 1.82) is 0 Å². The van der Waals surface area contributed by atoms with Gasteiger partial charge in [-0.05, 0) is 122 Å². The van der Waals surface area contributed by atoms with Gasteiger partial charge in [-0.1, -0.05) is 194 Å². The van der Waals surface area contributed by atoms with Crippen LogP contribution in [0.25, 0.3) is 98.8 Å². The molecule has 362 valence electrons. The van der Waals surface area contributed by atoms with Crippen molar-refractivity contribution in [3.05, 3.63) is 279 Å². The molecule has 0 aliphatic carbocycles. The van der Waals surface area contributed by atoms with Gasteiger partial charge in [0.15, 0.2) is 5.58 Å². The molecule has 15 rings (SSSR count). The summed E-state index contributed by atoms with van der Waals surface area (Å²) >= 11 is 0. The van der Waals surface area contributed by atoms with E-state index < -0.39 is 0 Å². The van der Waals surface area contributed by atoms with Crippen LogP contribution < -0.4 is 14.5 Å². The first-order chi connectivity index (χ1) is 38.1. The highest BCUT2D eigenvalue weighted by molar-refractivity contribution is 6.26. The van der Waals surface area contributed by atoms with E-state index in [0.29, 0.717) is 5.69 Å². The van der Waals surface area contributed by atoms with Crippen LogP contribution in [0, 0.1) is 5.82 Å². The molecule has 1 aliphatic heterocycles. The fraction of sp³-hybridized carbons (Fsp3) is 0. The van der Waals surface area contributed by atoms with E-state index in [1.807, 2.05) is 78.9 Å². The molecule has 0 unspecified atom stereocenters. The molecule has 0 radical (unpaired) electrons. The molecule has 0 spiro atoms. The van der Waals surface area contributed by atoms with Crippen LogP contribution in [0.3, 0.4) is 0 Å². The Morgan fingerprint density at radius 3 is 1.68 bits per heavy atom. The number of fused-ring (bicyclic) bond motifs is 9. The highest BCUT2D eigenvalue weighted by Gasteiger charge is 2.29. The van der Waals surface area contributed by atoms with Crippen LogP contribution in [0.2, 0.25) is 0 Å². The van der Waals surface area contributed by atoms with Gasteiger partial charge in [0.05, 0.1) is 28.4 Å². The monoisotopic (exact) mass is 988 g/mol. The lowest BCUT2D eigenvalue weighted by atomic mass is 9.88. The average molecular weight is 989 g/mol. The third kappa shape index (κ3) is 7.27. The summed E-state index contributed by atoms with van der Waals surface area (Å²) in [7, 11) is 0. The lowest BCUT2D eigenvalue weighted by molar-refractivity contribution is 0.487. The first kappa shape index (κ1) is 44.3. The molecule has 0 bridgehead atoms. The molecule has 0 saturated heterocycles. The zero-order valence-electron chi connectivity index (χ0n) is 41.6. The molecule has 2 heterocycles. The van der Waals surface area contributed by atoms with E-state index in [1.165, 1.54) is 0 Å². The number of benzene rings is 13. The van der Waals surface area contributed by atoms with Crippen LogP contribution in [-0.2, 0) is 0 Å². The van der Waals surface area contributed by atoms with Crippen molar-refractivity contribution in [2.24, 2.45) is 0 Å². The number of para-hydroxylation sites is 4. The molecule has 1 aromatic heterocycles. The molecule has 13 aromatic carbocycles. The van der Waals surface area contributed by atoms with E-state index in [-0.39, 0.29) is 5.82 Å². The third-order valence-corrected chi connectivity index (χ3v) is 15.3. The van der Waals surface area contributed by atoms with Gasteiger partial charge < -0.3 is 19.0 Å². The largest absolute Gasteiger partial charge is 0.456 e. The minimum atomic E-state index is -0.323. The third-order valence-electron chi connectivity index (χ3n) is 15.3. The summed E-state index contributed by atoms with van der Waals surface area (Å²) in [6.45, 7) is 0. The van der Waals surface area contributed by atoms with Crippen molar-refractivity contribution in [2.75, 3.05) is 9.80 Å². The Bertz CT molecular complexity index is 4610. The van der Waals surface area contributed by atoms with Crippen LogP contribution in [0.15, 0.2) is 277 Å². The van der Waals surface area contributed by atoms with Crippen LogP contribution >= 0.6 is 0 Å². The molecule has 14 aromatic rings. The summed E-state index contributed by atoms with van der Waals surface area (Å²) in [5.41, 5.74) is 14.4. The van der Waals surface area contributed by atoms with Crippen LogP contribution in [-0.4, -0.2) is 0 Å². The molecule has 0 atom stereocenters. The maximum absolute atomic E-state index is 17.8. The summed E-state index contributed by atoms with van der Waals surface area (Å²) in [5, 5.41) is 8.36. The quantitative estimate of drug-likeness (QED) is 0.135. The topological polar surface area (TPSA) is 28.9 Å². The Hall–Kier alpha value is -10.2. The summed E-state index contributed by atoms with van der Waals surface area (Å²) in [5.74, 6) is 1.19. The number of ether oxygens (including phenoxy) is 1. The van der Waals surface area contributed by atoms with Crippen molar-refractivity contribution in [1.82, 2.24) is 0 Å². The predicted molar refractivity (Wildman–Crippen MR) is 317 cm³/mol. The van der Waals surface area contributed by atoms with Gasteiger partial charge in [-0.25, -0.2) is 4.39 Å². The average Bonchev–Trinajstić information content (AvgIpc) is 4.06. The molecule has 1 aliphatic rings. The SMILES string of the molecule is Fc1cc(-c2ccccc2)cc(-c2ccccc2)c1N(c1ccccc1)c1cc2c3cccc4c3c(cc2c2ccccc12)-c1ccc(N(c2ccccc2-c2ccccc2)c2cccc3c2oc2ccccc23)cc1O4. The molecule has 0 fully saturated rings. The molecular weight excluding hydrogens is 944 g/mol. The van der Waals surface area contributed by atoms with Gasteiger partial charge in [0, 0.05) is 50.0 Å². The van der Waals surface area contributed by atoms with E-state index in [0.717, 1.165) is 139 Å². The van der Waals surface area contributed by atoms with E-state index in [2.05, 4.69) is 198 Å². The standard InChI is InChI=1S/C72H45FN2O2/c73-63-42-49(46-21-5-1-6-22-46)41-59(48-25-9-3-10-26-48)71(63)75(50-27-11-4-12-28-50)66-45-61-57-33-20-38-68-70(57)62(44-60(61)53-30-13-14-31-54(53)66)56-40-39-51(43-69(56)76-68)74(64-35-17-15-29-52(64)47-23-7-2-8-24-47)65-36-19-34-58-55-32-16-18-37-67(55)77-72(58)65/h1-45H. The minimum Gasteiger partial charge on any atom is -0.456 e. The van der Waals surface area contributed by atoms with E-state index in [1.54, 1.807) is 6.07 Å². The van der Waals surface area contributed by atoms with Gasteiger partial charge in [-0.15, -0.1) is 0 Å². The predicted octanol–water partition coefficient (Wildman–Crippen LogP) is 20.9. The number of nitrogens with zero attached hydrogens (tertiary/aromatic N) is 2. The number of hydrogen-bond acceptors (Lipinski definition) is 4. The Morgan fingerprint density at radius 1 is 0.299 bits per heavy atom. The first-order valence-electron chi connectivity index (χ1n) is 26.0. The Morgan fingerprint density at radius 2 is 0.896 bits per heavy atom. The van der Waals surface area contributed by atoms with E-state index in [9.17, 15) is 0 Å². The highest BCUT2D eigenvalue weighted by atomic mass is 19.1. The molecule has 5 heteroatoms. The summed E-state index contributed by atoms with van der Waals surface area (Å²) < 4.78 is 31.7. The Kier molecular flexibility index (Phi) is 10.4. The second kappa shape index (κ2) is 18.0. The maximum Gasteiger partial charge on any atom is 0.159 e. The molecule has 0 amide bonds. The maximum atomic E-state index is 17.8. The van der Waals surface area contributed by atoms with Gasteiger partial charge in [0.1, 0.15) is 22.9 Å². The minimum absolute atomic E-state index is 0.323. The number of hydrogen-bond donors (Lipinski definition) is 0. The lowest BCUT2D eigenvalue weighted by Crippen LogP contribution is -2.14. The second-order valence-corrected chi connectivity index (χ2v) is 19.6. The molecule has 77 heavy (non-hydrogen) atoms. The second-order valence-electron chi connectivity index (χ2n) is 19.6. The molecule has 0 saturated carbocycles. The van der Waals surface area contributed by atoms with Crippen molar-refractivity contribution in [2.45, 2.75) is 0 Å². The first-order valence-corrected chi connectivity index (χ1v) is 26.0. The van der Waals surface area contributed by atoms with E-state index in [4.69, 9.17) is 9.15 Å². The Labute approximate surface area is 444 Å². The van der Waals surface area contributed by atoms with Crippen LogP contribution in [0.5, 0.6) is 11.5 Å². The number of rotatable bonds is 9. The van der Waals surface area contributed by atoms with Crippen molar-refractivity contribution < 1.29 is 13.5 Å². The smallest absolute Gasteiger partial charge is 0.159 e. The fourth-order valence-corrected chi connectivity index (χ4v) is 11.8. The van der Waals surface area contributed by atoms with Gasteiger partial charge >= 0.3 is 0 Å². The number of halogens is 1. The van der Waals surface area contributed by atoms with Crippen molar-refractivity contribution in [3.8, 4) is 56.0 Å². The van der Waals surface area contributed by atoms with Gasteiger partial charge in [0.2, 0.25) is 0 Å². The fourth-order valence-electron chi connectivity index (χ4n) is 11.8. The Balaban J connectivity index is 0.943. The summed E-state index contributed by atoms with van der Waals surface area (Å²) in [6, 6.07) is 94.0. The van der Waals surface area contributed by atoms with Gasteiger partial charge in [-0.2, -0.15) is 0 Å². The highest BCUT2D eigenvalue weighted by Crippen LogP contribution is 2.55. The number of anilines is 6. The molecular formula is C72H45FN2O2. The van der Waals surface area contributed by atoms with Gasteiger partial charge in [-0.3, -0.25) is 0 Å². The lowest BCUT2D eigenvalue weighted by Gasteiger charge is -2.31. The number of furan rings is 1. The van der Waals surface area contributed by atoms with Crippen molar-refractivity contribution >= 4 is 88.4 Å².